The second-order valence-electron chi connectivity index (χ2n) is 4.06. The van der Waals surface area contributed by atoms with Crippen LogP contribution in [-0.4, -0.2) is 29.2 Å². The number of carbonyl (C=O) groups is 1. The van der Waals surface area contributed by atoms with Crippen molar-refractivity contribution < 1.29 is 14.1 Å². The number of amides is 1. The van der Waals surface area contributed by atoms with Crippen LogP contribution in [0.4, 0.5) is 5.69 Å². The predicted molar refractivity (Wildman–Crippen MR) is 72.4 cm³/mol. The summed E-state index contributed by atoms with van der Waals surface area (Å²) in [5, 5.41) is 6.25. The molecule has 1 heterocycles. The summed E-state index contributed by atoms with van der Waals surface area (Å²) < 4.78 is 10.2. The Morgan fingerprint density at radius 1 is 1.45 bits per heavy atom. The van der Waals surface area contributed by atoms with Crippen molar-refractivity contribution in [1.82, 2.24) is 15.5 Å². The Kier molecular flexibility index (Phi) is 4.54. The van der Waals surface area contributed by atoms with Gasteiger partial charge in [0.1, 0.15) is 5.75 Å². The van der Waals surface area contributed by atoms with Gasteiger partial charge < -0.3 is 20.3 Å². The first kappa shape index (κ1) is 13.9. The summed E-state index contributed by atoms with van der Waals surface area (Å²) >= 11 is 0. The molecule has 0 bridgehead atoms. The van der Waals surface area contributed by atoms with Gasteiger partial charge in [-0.05, 0) is 19.1 Å². The highest BCUT2D eigenvalue weighted by molar-refractivity contribution is 5.95. The quantitative estimate of drug-likeness (QED) is 0.763. The molecule has 0 aliphatic carbocycles. The second kappa shape index (κ2) is 6.55. The monoisotopic (exact) mass is 276 g/mol. The zero-order valence-electron chi connectivity index (χ0n) is 11.1. The lowest BCUT2D eigenvalue weighted by Crippen LogP contribution is -2.25. The zero-order valence-corrected chi connectivity index (χ0v) is 11.1. The molecule has 7 heteroatoms. The van der Waals surface area contributed by atoms with Crippen LogP contribution in [0.3, 0.4) is 0 Å². The minimum atomic E-state index is -0.224. The van der Waals surface area contributed by atoms with E-state index in [2.05, 4.69) is 15.5 Å². The lowest BCUT2D eigenvalue weighted by molar-refractivity contribution is 0.0953. The van der Waals surface area contributed by atoms with E-state index in [1.54, 1.807) is 18.2 Å². The summed E-state index contributed by atoms with van der Waals surface area (Å²) in [5.74, 6) is 0.834. The van der Waals surface area contributed by atoms with Crippen molar-refractivity contribution in [1.29, 1.82) is 0 Å². The van der Waals surface area contributed by atoms with Gasteiger partial charge in [-0.2, -0.15) is 4.98 Å². The van der Waals surface area contributed by atoms with Gasteiger partial charge in [0.2, 0.25) is 5.89 Å². The van der Waals surface area contributed by atoms with Gasteiger partial charge in [-0.1, -0.05) is 5.16 Å². The number of benzene rings is 1. The summed E-state index contributed by atoms with van der Waals surface area (Å²) in [5.41, 5.74) is 6.68. The van der Waals surface area contributed by atoms with Crippen LogP contribution in [0.5, 0.6) is 5.75 Å². The van der Waals surface area contributed by atoms with Crippen LogP contribution in [0.15, 0.2) is 29.0 Å². The van der Waals surface area contributed by atoms with Crippen molar-refractivity contribution in [2.24, 2.45) is 0 Å². The van der Waals surface area contributed by atoms with Crippen molar-refractivity contribution in [3.8, 4) is 5.75 Å². The molecule has 0 spiro atoms. The van der Waals surface area contributed by atoms with E-state index in [0.29, 0.717) is 42.5 Å². The fraction of sp³-hybridized carbons (Fsp3) is 0.308. The first-order chi connectivity index (χ1) is 9.69. The van der Waals surface area contributed by atoms with E-state index < -0.39 is 0 Å². The van der Waals surface area contributed by atoms with Crippen molar-refractivity contribution in [3.63, 3.8) is 0 Å². The number of nitrogens with zero attached hydrogens (tertiary/aromatic N) is 2. The highest BCUT2D eigenvalue weighted by Gasteiger charge is 2.09. The molecule has 2 rings (SSSR count). The Balaban J connectivity index is 1.94. The van der Waals surface area contributed by atoms with E-state index in [1.165, 1.54) is 6.33 Å². The summed E-state index contributed by atoms with van der Waals surface area (Å²) in [7, 11) is 0. The van der Waals surface area contributed by atoms with Crippen LogP contribution in [0.2, 0.25) is 0 Å². The highest BCUT2D eigenvalue weighted by Crippen LogP contribution is 2.18. The molecule has 0 aliphatic heterocycles. The topological polar surface area (TPSA) is 103 Å². The molecule has 2 aromatic rings. The highest BCUT2D eigenvalue weighted by atomic mass is 16.5. The number of ether oxygens (including phenoxy) is 1. The van der Waals surface area contributed by atoms with Gasteiger partial charge in [-0.15, -0.1) is 0 Å². The van der Waals surface area contributed by atoms with Crippen LogP contribution in [0.1, 0.15) is 23.2 Å². The molecule has 1 aromatic heterocycles. The molecule has 0 atom stereocenters. The fourth-order valence-electron chi connectivity index (χ4n) is 1.69. The molecule has 0 fully saturated rings. The van der Waals surface area contributed by atoms with Crippen molar-refractivity contribution in [2.75, 3.05) is 18.9 Å². The van der Waals surface area contributed by atoms with E-state index in [-0.39, 0.29) is 5.91 Å². The smallest absolute Gasteiger partial charge is 0.251 e. The van der Waals surface area contributed by atoms with Crippen molar-refractivity contribution >= 4 is 11.6 Å². The number of carbonyl (C=O) groups excluding carboxylic acids is 1. The molecule has 106 valence electrons. The SMILES string of the molecule is CCOc1cc(N)cc(C(=O)NCCc2ncno2)c1. The third-order valence-corrected chi connectivity index (χ3v) is 2.53. The Bertz CT molecular complexity index is 569. The van der Waals surface area contributed by atoms with Crippen molar-refractivity contribution in [2.45, 2.75) is 13.3 Å². The van der Waals surface area contributed by atoms with Gasteiger partial charge in [0, 0.05) is 30.3 Å². The van der Waals surface area contributed by atoms with Gasteiger partial charge in [-0.25, -0.2) is 0 Å². The van der Waals surface area contributed by atoms with E-state index in [9.17, 15) is 4.79 Å². The molecule has 1 amide bonds. The Morgan fingerprint density at radius 2 is 2.30 bits per heavy atom. The third kappa shape index (κ3) is 3.71. The molecule has 1 aromatic carbocycles. The van der Waals surface area contributed by atoms with E-state index in [4.69, 9.17) is 15.0 Å². The van der Waals surface area contributed by atoms with Crippen LogP contribution in [0.25, 0.3) is 0 Å². The zero-order chi connectivity index (χ0) is 14.4. The minimum Gasteiger partial charge on any atom is -0.494 e. The largest absolute Gasteiger partial charge is 0.494 e. The molecule has 0 saturated carbocycles. The average Bonchev–Trinajstić information content (AvgIpc) is 2.91. The summed E-state index contributed by atoms with van der Waals surface area (Å²) in [6.45, 7) is 2.79. The van der Waals surface area contributed by atoms with E-state index in [0.717, 1.165) is 0 Å². The first-order valence-corrected chi connectivity index (χ1v) is 6.26. The lowest BCUT2D eigenvalue weighted by atomic mass is 10.1. The second-order valence-corrected chi connectivity index (χ2v) is 4.06. The van der Waals surface area contributed by atoms with Gasteiger partial charge in [0.15, 0.2) is 6.33 Å². The number of hydrogen-bond donors (Lipinski definition) is 2. The molecule has 0 unspecified atom stereocenters. The number of aromatic nitrogens is 2. The maximum Gasteiger partial charge on any atom is 0.251 e. The van der Waals surface area contributed by atoms with Gasteiger partial charge in [0.05, 0.1) is 6.61 Å². The number of rotatable bonds is 6. The Labute approximate surface area is 116 Å². The van der Waals surface area contributed by atoms with E-state index >= 15 is 0 Å². The van der Waals surface area contributed by atoms with Crippen LogP contribution in [-0.2, 0) is 6.42 Å². The van der Waals surface area contributed by atoms with Crippen LogP contribution in [0, 0.1) is 0 Å². The maximum absolute atomic E-state index is 12.0. The number of nitrogens with one attached hydrogen (secondary N) is 1. The molecule has 20 heavy (non-hydrogen) atoms. The van der Waals surface area contributed by atoms with Crippen LogP contribution >= 0.6 is 0 Å². The van der Waals surface area contributed by atoms with E-state index in [1.807, 2.05) is 6.92 Å². The normalized spacial score (nSPS) is 10.2. The molecule has 0 aliphatic rings. The average molecular weight is 276 g/mol. The summed E-state index contributed by atoms with van der Waals surface area (Å²) in [6.07, 6.45) is 1.80. The lowest BCUT2D eigenvalue weighted by Gasteiger charge is -2.08. The standard InChI is InChI=1S/C13H16N4O3/c1-2-19-11-6-9(5-10(14)7-11)13(18)15-4-3-12-16-8-17-20-12/h5-8H,2-4,14H2,1H3,(H,15,18). The Hall–Kier alpha value is -2.57. The molecule has 0 saturated heterocycles. The predicted octanol–water partition coefficient (Wildman–Crippen LogP) is 1.02. The molecule has 7 nitrogen and oxygen atoms in total. The Morgan fingerprint density at radius 3 is 3.00 bits per heavy atom. The molecule has 3 N–H and O–H groups in total. The number of anilines is 1. The van der Waals surface area contributed by atoms with Gasteiger partial charge in [0.25, 0.3) is 5.91 Å². The molecular formula is C13H16N4O3. The summed E-state index contributed by atoms with van der Waals surface area (Å²) in [6, 6.07) is 4.94. The summed E-state index contributed by atoms with van der Waals surface area (Å²) in [4.78, 5) is 15.9. The number of nitrogen functional groups attached to an aromatic ring is 1. The minimum absolute atomic E-state index is 0.224. The third-order valence-electron chi connectivity index (χ3n) is 2.53. The van der Waals surface area contributed by atoms with Gasteiger partial charge in [-0.3, -0.25) is 4.79 Å². The molecule has 0 radical (unpaired) electrons. The molecular weight excluding hydrogens is 260 g/mol. The number of nitrogens with two attached hydrogens (primary N) is 1. The first-order valence-electron chi connectivity index (χ1n) is 6.26. The van der Waals surface area contributed by atoms with Crippen LogP contribution < -0.4 is 15.8 Å². The maximum atomic E-state index is 12.0. The fourth-order valence-corrected chi connectivity index (χ4v) is 1.69. The number of hydrogen-bond acceptors (Lipinski definition) is 6. The van der Waals surface area contributed by atoms with Gasteiger partial charge >= 0.3 is 0 Å². The van der Waals surface area contributed by atoms with Crippen molar-refractivity contribution in [3.05, 3.63) is 36.0 Å².